The van der Waals surface area contributed by atoms with Crippen LogP contribution in [0.1, 0.15) is 13.3 Å². The van der Waals surface area contributed by atoms with E-state index < -0.39 is 0 Å². The van der Waals surface area contributed by atoms with Gasteiger partial charge in [-0.15, -0.1) is 6.58 Å². The zero-order valence-electron chi connectivity index (χ0n) is 7.66. The molecule has 1 aromatic rings. The Hall–Kier alpha value is -1.31. The van der Waals surface area contributed by atoms with Crippen LogP contribution in [0, 0.1) is 5.82 Å². The summed E-state index contributed by atoms with van der Waals surface area (Å²) in [6, 6.07) is 6.14. The molecule has 0 bridgehead atoms. The average molecular weight is 180 g/mol. The number of halogens is 1. The van der Waals surface area contributed by atoms with Gasteiger partial charge in [-0.3, -0.25) is 0 Å². The highest BCUT2D eigenvalue weighted by Crippen LogP contribution is 2.14. The van der Waals surface area contributed by atoms with Crippen molar-refractivity contribution in [1.29, 1.82) is 0 Å². The Morgan fingerprint density at radius 1 is 1.62 bits per heavy atom. The summed E-state index contributed by atoms with van der Waals surface area (Å²) < 4.78 is 18.1. The van der Waals surface area contributed by atoms with Gasteiger partial charge in [0.1, 0.15) is 11.6 Å². The lowest BCUT2D eigenvalue weighted by Crippen LogP contribution is -2.10. The molecule has 0 saturated carbocycles. The monoisotopic (exact) mass is 180 g/mol. The fraction of sp³-hybridized carbons (Fsp3) is 0.273. The quantitative estimate of drug-likeness (QED) is 0.647. The van der Waals surface area contributed by atoms with Crippen molar-refractivity contribution in [3.63, 3.8) is 0 Å². The van der Waals surface area contributed by atoms with Gasteiger partial charge >= 0.3 is 0 Å². The van der Waals surface area contributed by atoms with E-state index in [0.29, 0.717) is 5.75 Å². The second kappa shape index (κ2) is 4.65. The maximum atomic E-state index is 12.7. The molecule has 70 valence electrons. The van der Waals surface area contributed by atoms with Crippen LogP contribution in [0.15, 0.2) is 36.9 Å². The van der Waals surface area contributed by atoms with Crippen LogP contribution in [0.5, 0.6) is 5.75 Å². The summed E-state index contributed by atoms with van der Waals surface area (Å²) in [6.45, 7) is 5.53. The van der Waals surface area contributed by atoms with Gasteiger partial charge in [0.15, 0.2) is 0 Å². The van der Waals surface area contributed by atoms with Gasteiger partial charge in [-0.1, -0.05) is 12.1 Å². The fourth-order valence-corrected chi connectivity index (χ4v) is 1.06. The van der Waals surface area contributed by atoms with Gasteiger partial charge in [0.05, 0.1) is 6.10 Å². The Morgan fingerprint density at radius 2 is 2.38 bits per heavy atom. The highest BCUT2D eigenvalue weighted by molar-refractivity contribution is 5.22. The van der Waals surface area contributed by atoms with Crippen LogP contribution in [0.3, 0.4) is 0 Å². The Labute approximate surface area is 77.8 Å². The summed E-state index contributed by atoms with van der Waals surface area (Å²) in [5.74, 6) is 0.289. The van der Waals surface area contributed by atoms with Crippen molar-refractivity contribution < 1.29 is 9.13 Å². The summed E-state index contributed by atoms with van der Waals surface area (Å²) in [7, 11) is 0. The van der Waals surface area contributed by atoms with E-state index in [1.54, 1.807) is 18.2 Å². The molecule has 13 heavy (non-hydrogen) atoms. The van der Waals surface area contributed by atoms with Crippen LogP contribution < -0.4 is 4.74 Å². The minimum absolute atomic E-state index is 0.0410. The molecule has 0 amide bonds. The van der Waals surface area contributed by atoms with Crippen molar-refractivity contribution in [1.82, 2.24) is 0 Å². The number of ether oxygens (including phenoxy) is 1. The normalized spacial score (nSPS) is 12.2. The highest BCUT2D eigenvalue weighted by Gasteiger charge is 2.01. The molecule has 2 heteroatoms. The van der Waals surface area contributed by atoms with Crippen LogP contribution >= 0.6 is 0 Å². The van der Waals surface area contributed by atoms with E-state index in [1.165, 1.54) is 12.1 Å². The van der Waals surface area contributed by atoms with Gasteiger partial charge in [0.25, 0.3) is 0 Å². The molecule has 0 aliphatic rings. The molecule has 1 aromatic carbocycles. The number of benzene rings is 1. The summed E-state index contributed by atoms with van der Waals surface area (Å²) in [5, 5.41) is 0. The minimum atomic E-state index is -0.275. The second-order valence-electron chi connectivity index (χ2n) is 2.91. The Balaban J connectivity index is 2.58. The zero-order valence-corrected chi connectivity index (χ0v) is 7.66. The summed E-state index contributed by atoms with van der Waals surface area (Å²) in [6.07, 6.45) is 2.58. The number of hydrogen-bond donors (Lipinski definition) is 0. The second-order valence-corrected chi connectivity index (χ2v) is 2.91. The molecule has 0 heterocycles. The third kappa shape index (κ3) is 3.28. The van der Waals surface area contributed by atoms with Gasteiger partial charge < -0.3 is 4.74 Å². The predicted molar refractivity (Wildman–Crippen MR) is 51.3 cm³/mol. The predicted octanol–water partition coefficient (Wildman–Crippen LogP) is 3.17. The van der Waals surface area contributed by atoms with Crippen molar-refractivity contribution in [2.75, 3.05) is 0 Å². The van der Waals surface area contributed by atoms with Gasteiger partial charge in [-0.05, 0) is 19.1 Å². The highest BCUT2D eigenvalue weighted by atomic mass is 19.1. The lowest BCUT2D eigenvalue weighted by molar-refractivity contribution is 0.224. The van der Waals surface area contributed by atoms with E-state index in [0.717, 1.165) is 6.42 Å². The molecular weight excluding hydrogens is 167 g/mol. The molecule has 0 aliphatic heterocycles. The van der Waals surface area contributed by atoms with Crippen molar-refractivity contribution in [2.45, 2.75) is 19.4 Å². The lowest BCUT2D eigenvalue weighted by Gasteiger charge is -2.12. The SMILES string of the molecule is C=CCC(C)Oc1cccc(F)c1. The third-order valence-corrected chi connectivity index (χ3v) is 1.63. The Morgan fingerprint density at radius 3 is 3.00 bits per heavy atom. The molecule has 1 rings (SSSR count). The van der Waals surface area contributed by atoms with Crippen LogP contribution in [-0.2, 0) is 0 Å². The van der Waals surface area contributed by atoms with Crippen molar-refractivity contribution >= 4 is 0 Å². The Bertz CT molecular complexity index is 283. The van der Waals surface area contributed by atoms with E-state index in [1.807, 2.05) is 6.92 Å². The van der Waals surface area contributed by atoms with E-state index in [9.17, 15) is 4.39 Å². The molecular formula is C11H13FO. The van der Waals surface area contributed by atoms with E-state index >= 15 is 0 Å². The van der Waals surface area contributed by atoms with Gasteiger partial charge in [-0.2, -0.15) is 0 Å². The molecule has 0 aliphatic carbocycles. The third-order valence-electron chi connectivity index (χ3n) is 1.63. The first-order chi connectivity index (χ1) is 6.22. The first kappa shape index (κ1) is 9.78. The van der Waals surface area contributed by atoms with Crippen molar-refractivity contribution in [2.24, 2.45) is 0 Å². The zero-order chi connectivity index (χ0) is 9.68. The average Bonchev–Trinajstić information content (AvgIpc) is 2.04. The van der Waals surface area contributed by atoms with E-state index in [4.69, 9.17) is 4.74 Å². The molecule has 0 N–H and O–H groups in total. The van der Waals surface area contributed by atoms with Crippen LogP contribution in [-0.4, -0.2) is 6.10 Å². The molecule has 0 saturated heterocycles. The van der Waals surface area contributed by atoms with E-state index in [2.05, 4.69) is 6.58 Å². The largest absolute Gasteiger partial charge is 0.490 e. The first-order valence-electron chi connectivity index (χ1n) is 4.25. The van der Waals surface area contributed by atoms with Gasteiger partial charge in [-0.25, -0.2) is 4.39 Å². The fourth-order valence-electron chi connectivity index (χ4n) is 1.06. The van der Waals surface area contributed by atoms with Crippen molar-refractivity contribution in [3.8, 4) is 5.75 Å². The standard InChI is InChI=1S/C11H13FO/c1-3-5-9(2)13-11-7-4-6-10(12)8-11/h3-4,6-9H,1,5H2,2H3. The van der Waals surface area contributed by atoms with Gasteiger partial charge in [0, 0.05) is 12.5 Å². The number of hydrogen-bond acceptors (Lipinski definition) is 1. The van der Waals surface area contributed by atoms with Crippen LogP contribution in [0.25, 0.3) is 0 Å². The summed E-state index contributed by atoms with van der Waals surface area (Å²) in [5.41, 5.74) is 0. The van der Waals surface area contributed by atoms with Gasteiger partial charge in [0.2, 0.25) is 0 Å². The number of rotatable bonds is 4. The maximum absolute atomic E-state index is 12.7. The lowest BCUT2D eigenvalue weighted by atomic mass is 10.3. The molecule has 0 spiro atoms. The Kier molecular flexibility index (Phi) is 3.50. The minimum Gasteiger partial charge on any atom is -0.490 e. The smallest absolute Gasteiger partial charge is 0.126 e. The maximum Gasteiger partial charge on any atom is 0.126 e. The van der Waals surface area contributed by atoms with Crippen LogP contribution in [0.4, 0.5) is 4.39 Å². The molecule has 0 radical (unpaired) electrons. The molecule has 1 atom stereocenters. The van der Waals surface area contributed by atoms with E-state index in [-0.39, 0.29) is 11.9 Å². The van der Waals surface area contributed by atoms with Crippen molar-refractivity contribution in [3.05, 3.63) is 42.7 Å². The summed E-state index contributed by atoms with van der Waals surface area (Å²) >= 11 is 0. The molecule has 1 nitrogen and oxygen atoms in total. The topological polar surface area (TPSA) is 9.23 Å². The van der Waals surface area contributed by atoms with Crippen LogP contribution in [0.2, 0.25) is 0 Å². The summed E-state index contributed by atoms with van der Waals surface area (Å²) in [4.78, 5) is 0. The molecule has 0 fully saturated rings. The molecule has 1 unspecified atom stereocenters. The first-order valence-corrected chi connectivity index (χ1v) is 4.25. The molecule has 0 aromatic heterocycles.